The molecule has 3 aromatic rings. The standard InChI is InChI=1S/C51H71N3O18S2/c1-33-31-50(3,4)53-43-37(33)29-39-42(35-9-7-8-10-36(35)49(57)58)40-30-38-34(2)32-51(5,6)54-44(38)48(74(61,62)63)46(40)72-45(39)47(43)73(59,60)52-12-14-65-16-18-67-20-22-69-24-26-71-28-27-70-25-23-68-21-19-66-17-15-64-13-11-41(55)56/h7-10,29-30,33-34,52-53H,11-28,31-32H2,1-6H3,(H,55,56)(H,57,58)(H,61,62,63)/p-3. The van der Waals surface area contributed by atoms with Crippen LogP contribution in [0.5, 0.6) is 11.5 Å². The van der Waals surface area contributed by atoms with Crippen LogP contribution < -0.4 is 35.6 Å². The summed E-state index contributed by atoms with van der Waals surface area (Å²) in [7, 11) is -9.96. The van der Waals surface area contributed by atoms with E-state index in [1.54, 1.807) is 18.2 Å². The van der Waals surface area contributed by atoms with E-state index in [1.807, 2.05) is 41.5 Å². The molecule has 2 N–H and O–H groups in total. The molecule has 0 amide bonds. The van der Waals surface area contributed by atoms with Gasteiger partial charge in [-0.15, -0.1) is 0 Å². The Labute approximate surface area is 432 Å². The maximum absolute atomic E-state index is 14.8. The van der Waals surface area contributed by atoms with Gasteiger partial charge in [0.15, 0.2) is 11.5 Å². The van der Waals surface area contributed by atoms with Gasteiger partial charge in [0.1, 0.15) is 19.9 Å². The average molecular weight is 1080 g/mol. The summed E-state index contributed by atoms with van der Waals surface area (Å²) in [5.74, 6) is -3.95. The minimum absolute atomic E-state index is 0.0520. The molecule has 0 saturated heterocycles. The molecule has 2 unspecified atom stereocenters. The second-order valence-corrected chi connectivity index (χ2v) is 22.4. The molecule has 410 valence electrons. The van der Waals surface area contributed by atoms with Crippen LogP contribution in [0, 0.1) is 0 Å². The van der Waals surface area contributed by atoms with Crippen LogP contribution in [-0.4, -0.2) is 157 Å². The maximum atomic E-state index is 14.8. The predicted octanol–water partition coefficient (Wildman–Crippen LogP) is 1.46. The van der Waals surface area contributed by atoms with Crippen LogP contribution in [0.15, 0.2) is 51.2 Å². The third-order valence-electron chi connectivity index (χ3n) is 12.3. The first-order valence-electron chi connectivity index (χ1n) is 24.7. The summed E-state index contributed by atoms with van der Waals surface area (Å²) in [5.41, 5.74) is 0.0629. The fourth-order valence-electron chi connectivity index (χ4n) is 9.39. The summed E-state index contributed by atoms with van der Waals surface area (Å²) in [5, 5.41) is 26.5. The maximum Gasteiger partial charge on any atom is 0.246 e. The second kappa shape index (κ2) is 26.4. The fraction of sp³-hybridized carbons (Fsp3) is 0.588. The molecule has 3 heterocycles. The Morgan fingerprint density at radius 2 is 1.18 bits per heavy atom. The summed E-state index contributed by atoms with van der Waals surface area (Å²) >= 11 is 0. The molecule has 2 atom stereocenters. The lowest BCUT2D eigenvalue weighted by Gasteiger charge is -2.40. The van der Waals surface area contributed by atoms with E-state index in [0.29, 0.717) is 96.6 Å². The molecule has 0 aliphatic carbocycles. The number of rotatable bonds is 32. The molecule has 3 aromatic carbocycles. The molecule has 0 aromatic heterocycles. The first kappa shape index (κ1) is 58.6. The monoisotopic (exact) mass is 1070 g/mol. The zero-order valence-electron chi connectivity index (χ0n) is 42.9. The minimum Gasteiger partial charge on any atom is -0.744 e. The van der Waals surface area contributed by atoms with Gasteiger partial charge in [-0.25, -0.2) is 21.6 Å². The number of hydrogen-bond acceptors (Lipinski definition) is 20. The molecule has 23 heteroatoms. The largest absolute Gasteiger partial charge is 0.744 e. The van der Waals surface area contributed by atoms with E-state index >= 15 is 0 Å². The highest BCUT2D eigenvalue weighted by atomic mass is 32.2. The van der Waals surface area contributed by atoms with Gasteiger partial charge in [0, 0.05) is 46.4 Å². The number of carbonyl (C=O) groups excluding carboxylic acids is 2. The summed E-state index contributed by atoms with van der Waals surface area (Å²) in [6.07, 6.45) is 0.960. The first-order chi connectivity index (χ1) is 35.1. The zero-order valence-corrected chi connectivity index (χ0v) is 44.5. The van der Waals surface area contributed by atoms with E-state index in [4.69, 9.17) is 47.6 Å². The van der Waals surface area contributed by atoms with E-state index in [9.17, 15) is 41.2 Å². The summed E-state index contributed by atoms with van der Waals surface area (Å²) in [6.45, 7) is 15.8. The average Bonchev–Trinajstić information content (AvgIpc) is 3.30. The Kier molecular flexibility index (Phi) is 20.9. The van der Waals surface area contributed by atoms with E-state index in [-0.39, 0.29) is 107 Å². The van der Waals surface area contributed by atoms with E-state index in [0.717, 1.165) is 0 Å². The topological polar surface area (TPSA) is 291 Å². The third kappa shape index (κ3) is 15.7. The number of anilines is 1. The van der Waals surface area contributed by atoms with E-state index in [2.05, 4.69) is 10.0 Å². The van der Waals surface area contributed by atoms with Crippen molar-refractivity contribution in [3.63, 3.8) is 0 Å². The SMILES string of the molecule is CC1CC(C)(C)Nc2c1cc1c(c2S(=O)(=O)NCCOCCOCCOCCOCCOCCOCCOCCOCCC(=O)[O-])Oc2c(S(=O)(=O)[O-])c3c(cc2=C1c1ccccc1C(=O)[O-])C(C)CC(C)(C)N=3. The number of sulfonamides is 1. The van der Waals surface area contributed by atoms with Crippen molar-refractivity contribution >= 4 is 43.3 Å². The van der Waals surface area contributed by atoms with Crippen molar-refractivity contribution in [2.75, 3.05) is 118 Å². The molecule has 6 rings (SSSR count). The van der Waals surface area contributed by atoms with Crippen molar-refractivity contribution in [1.29, 1.82) is 0 Å². The van der Waals surface area contributed by atoms with Gasteiger partial charge in [-0.05, 0) is 81.2 Å². The summed E-state index contributed by atoms with van der Waals surface area (Å²) in [4.78, 5) is 26.7. The molecule has 0 bridgehead atoms. The van der Waals surface area contributed by atoms with Gasteiger partial charge in [-0.2, -0.15) is 0 Å². The van der Waals surface area contributed by atoms with Crippen LogP contribution in [0.3, 0.4) is 0 Å². The van der Waals surface area contributed by atoms with Gasteiger partial charge < -0.3 is 72.3 Å². The number of nitrogens with zero attached hydrogens (tertiary/aromatic N) is 1. The Hall–Kier alpha value is -4.63. The van der Waals surface area contributed by atoms with Gasteiger partial charge in [-0.3, -0.25) is 4.99 Å². The smallest absolute Gasteiger partial charge is 0.246 e. The highest BCUT2D eigenvalue weighted by molar-refractivity contribution is 7.89. The molecule has 0 fully saturated rings. The Bertz CT molecular complexity index is 2800. The van der Waals surface area contributed by atoms with Crippen LogP contribution >= 0.6 is 0 Å². The highest BCUT2D eigenvalue weighted by Crippen LogP contribution is 2.52. The number of carbonyl (C=O) groups is 2. The van der Waals surface area contributed by atoms with Crippen LogP contribution in [0.1, 0.15) is 105 Å². The Balaban J connectivity index is 1.05. The molecule has 0 spiro atoms. The van der Waals surface area contributed by atoms with Crippen molar-refractivity contribution in [3.05, 3.63) is 74.8 Å². The summed E-state index contributed by atoms with van der Waals surface area (Å²) in [6, 6.07) is 9.40. The van der Waals surface area contributed by atoms with Crippen molar-refractivity contribution in [2.24, 2.45) is 4.99 Å². The van der Waals surface area contributed by atoms with E-state index < -0.39 is 53.8 Å². The molecule has 3 aliphatic rings. The zero-order chi connectivity index (χ0) is 53.7. The van der Waals surface area contributed by atoms with Gasteiger partial charge in [-0.1, -0.05) is 38.1 Å². The number of aromatic carboxylic acids is 1. The van der Waals surface area contributed by atoms with Gasteiger partial charge in [0.2, 0.25) is 10.0 Å². The van der Waals surface area contributed by atoms with Gasteiger partial charge >= 0.3 is 0 Å². The third-order valence-corrected chi connectivity index (χ3v) is 14.7. The van der Waals surface area contributed by atoms with Crippen molar-refractivity contribution < 1.29 is 83.8 Å². The van der Waals surface area contributed by atoms with Crippen LogP contribution in [0.2, 0.25) is 0 Å². The van der Waals surface area contributed by atoms with Crippen LogP contribution in [-0.2, 0) is 62.8 Å². The molecule has 21 nitrogen and oxygen atoms in total. The Morgan fingerprint density at radius 1 is 0.676 bits per heavy atom. The molecule has 0 saturated carbocycles. The molecule has 0 radical (unpaired) electrons. The molecular formula is C51H68N3O18S2-3. The second-order valence-electron chi connectivity index (χ2n) is 19.4. The molecule has 3 aliphatic heterocycles. The van der Waals surface area contributed by atoms with Crippen molar-refractivity contribution in [3.8, 4) is 11.5 Å². The number of fused-ring (bicyclic) bond motifs is 4. The lowest BCUT2D eigenvalue weighted by molar-refractivity contribution is -0.306. The number of ether oxygens (including phenoxy) is 9. The van der Waals surface area contributed by atoms with Crippen molar-refractivity contribution in [1.82, 2.24) is 4.72 Å². The number of carboxylic acids is 2. The number of aliphatic carboxylic acids is 1. The first-order valence-corrected chi connectivity index (χ1v) is 27.6. The van der Waals surface area contributed by atoms with Gasteiger partial charge in [0.25, 0.3) is 0 Å². The quantitative estimate of drug-likeness (QED) is 0.0517. The lowest BCUT2D eigenvalue weighted by atomic mass is 9.79. The van der Waals surface area contributed by atoms with Crippen molar-refractivity contribution in [2.45, 2.75) is 93.5 Å². The lowest BCUT2D eigenvalue weighted by Crippen LogP contribution is -2.40. The van der Waals surface area contributed by atoms with Crippen LogP contribution in [0.25, 0.3) is 5.57 Å². The minimum atomic E-state index is -5.38. The van der Waals surface area contributed by atoms with Crippen LogP contribution in [0.4, 0.5) is 5.69 Å². The van der Waals surface area contributed by atoms with E-state index in [1.165, 1.54) is 18.2 Å². The number of hydrogen-bond donors (Lipinski definition) is 2. The normalized spacial score (nSPS) is 17.5. The fourth-order valence-corrected chi connectivity index (χ4v) is 11.5. The molecule has 74 heavy (non-hydrogen) atoms. The summed E-state index contributed by atoms with van der Waals surface area (Å²) < 4.78 is 123. The molecular weight excluding hydrogens is 1010 g/mol. The number of nitrogens with one attached hydrogen (secondary N) is 2. The van der Waals surface area contributed by atoms with Gasteiger partial charge in [0.05, 0.1) is 128 Å². The number of carboxylic acid groups (broad SMARTS) is 2. The highest BCUT2D eigenvalue weighted by Gasteiger charge is 2.41. The predicted molar refractivity (Wildman–Crippen MR) is 263 cm³/mol. The Morgan fingerprint density at radius 3 is 1.69 bits per heavy atom. The number of benzene rings is 3.